The van der Waals surface area contributed by atoms with Crippen molar-refractivity contribution in [2.24, 2.45) is 0 Å². The molecular weight excluding hydrogens is 352 g/mol. The lowest BCUT2D eigenvalue weighted by molar-refractivity contribution is -0.130. The molecule has 0 aliphatic rings. The first kappa shape index (κ1) is 19.8. The van der Waals surface area contributed by atoms with Crippen molar-refractivity contribution in [3.63, 3.8) is 0 Å². The minimum Gasteiger partial charge on any atom is -0.483 e. The van der Waals surface area contributed by atoms with Crippen molar-refractivity contribution in [3.8, 4) is 5.75 Å². The number of rotatable bonds is 7. The number of anilines is 1. The van der Waals surface area contributed by atoms with Gasteiger partial charge in [0.25, 0.3) is 15.9 Å². The fourth-order valence-electron chi connectivity index (χ4n) is 2.35. The summed E-state index contributed by atoms with van der Waals surface area (Å²) >= 11 is 0. The first-order chi connectivity index (χ1) is 12.2. The molecule has 0 aromatic heterocycles. The van der Waals surface area contributed by atoms with Crippen molar-refractivity contribution in [1.29, 1.82) is 0 Å². The molecule has 0 unspecified atom stereocenters. The highest BCUT2D eigenvalue weighted by molar-refractivity contribution is 7.92. The van der Waals surface area contributed by atoms with E-state index < -0.39 is 10.0 Å². The van der Waals surface area contributed by atoms with Crippen LogP contribution in [0.5, 0.6) is 5.75 Å². The molecule has 140 valence electrons. The lowest BCUT2D eigenvalue weighted by atomic mass is 10.1. The molecule has 0 radical (unpaired) electrons. The van der Waals surface area contributed by atoms with Crippen LogP contribution in [0.2, 0.25) is 0 Å². The van der Waals surface area contributed by atoms with E-state index in [0.29, 0.717) is 17.0 Å². The maximum atomic E-state index is 12.7. The van der Waals surface area contributed by atoms with Crippen molar-refractivity contribution in [2.45, 2.75) is 25.2 Å². The summed E-state index contributed by atoms with van der Waals surface area (Å²) in [5.41, 5.74) is 2.14. The van der Waals surface area contributed by atoms with Crippen molar-refractivity contribution < 1.29 is 17.9 Å². The second-order valence-electron chi connectivity index (χ2n) is 6.12. The van der Waals surface area contributed by atoms with E-state index in [-0.39, 0.29) is 17.4 Å². The highest BCUT2D eigenvalue weighted by Crippen LogP contribution is 2.25. The van der Waals surface area contributed by atoms with Crippen LogP contribution < -0.4 is 9.46 Å². The fourth-order valence-corrected chi connectivity index (χ4v) is 3.54. The Hall–Kier alpha value is -2.54. The molecular formula is C19H24N2O4S. The van der Waals surface area contributed by atoms with Crippen LogP contribution in [0.25, 0.3) is 0 Å². The smallest absolute Gasteiger partial charge is 0.261 e. The maximum absolute atomic E-state index is 12.7. The second kappa shape index (κ2) is 8.23. The van der Waals surface area contributed by atoms with Crippen LogP contribution in [-0.2, 0) is 21.2 Å². The van der Waals surface area contributed by atoms with Gasteiger partial charge >= 0.3 is 0 Å². The third-order valence-corrected chi connectivity index (χ3v) is 5.31. The van der Waals surface area contributed by atoms with E-state index in [9.17, 15) is 13.2 Å². The van der Waals surface area contributed by atoms with Crippen LogP contribution in [0.15, 0.2) is 47.4 Å². The molecule has 0 fully saturated rings. The minimum absolute atomic E-state index is 0.0952. The zero-order valence-corrected chi connectivity index (χ0v) is 16.3. The predicted molar refractivity (Wildman–Crippen MR) is 102 cm³/mol. The molecule has 0 saturated heterocycles. The lowest BCUT2D eigenvalue weighted by Gasteiger charge is -2.15. The van der Waals surface area contributed by atoms with E-state index in [1.807, 2.05) is 19.1 Å². The summed E-state index contributed by atoms with van der Waals surface area (Å²) in [6.45, 7) is 3.62. The maximum Gasteiger partial charge on any atom is 0.261 e. The Kier molecular flexibility index (Phi) is 6.26. The number of benzene rings is 2. The predicted octanol–water partition coefficient (Wildman–Crippen LogP) is 2.83. The molecule has 0 aliphatic carbocycles. The lowest BCUT2D eigenvalue weighted by Crippen LogP contribution is -2.27. The monoisotopic (exact) mass is 376 g/mol. The normalized spacial score (nSPS) is 11.1. The number of amides is 1. The van der Waals surface area contributed by atoms with Crippen LogP contribution in [0.1, 0.15) is 18.1 Å². The fraction of sp³-hybridized carbons (Fsp3) is 0.316. The minimum atomic E-state index is -3.71. The molecule has 7 heteroatoms. The van der Waals surface area contributed by atoms with E-state index in [1.54, 1.807) is 39.2 Å². The van der Waals surface area contributed by atoms with Crippen LogP contribution in [-0.4, -0.2) is 39.9 Å². The summed E-state index contributed by atoms with van der Waals surface area (Å²) in [5.74, 6) is 0.312. The van der Waals surface area contributed by atoms with E-state index in [2.05, 4.69) is 4.72 Å². The van der Waals surface area contributed by atoms with Crippen LogP contribution in [0.3, 0.4) is 0 Å². The number of nitrogens with one attached hydrogen (secondary N) is 1. The van der Waals surface area contributed by atoms with E-state index in [1.165, 1.54) is 17.0 Å². The van der Waals surface area contributed by atoms with Gasteiger partial charge in [-0.2, -0.15) is 0 Å². The molecule has 2 rings (SSSR count). The summed E-state index contributed by atoms with van der Waals surface area (Å²) in [6, 6.07) is 11.9. The van der Waals surface area contributed by atoms with Gasteiger partial charge in [0.15, 0.2) is 6.61 Å². The molecule has 0 spiro atoms. The molecule has 26 heavy (non-hydrogen) atoms. The van der Waals surface area contributed by atoms with Crippen molar-refractivity contribution in [1.82, 2.24) is 4.90 Å². The number of likely N-dealkylation sites (N-methyl/N-ethyl adjacent to an activating group) is 1. The molecule has 0 saturated carbocycles. The summed E-state index contributed by atoms with van der Waals surface area (Å²) in [6.07, 6.45) is 0.727. The van der Waals surface area contributed by atoms with Gasteiger partial charge in [0, 0.05) is 14.1 Å². The first-order valence-electron chi connectivity index (χ1n) is 8.29. The number of ether oxygens (including phenoxy) is 1. The number of carbonyl (C=O) groups is 1. The Morgan fingerprint density at radius 1 is 1.15 bits per heavy atom. The molecule has 0 bridgehead atoms. The van der Waals surface area contributed by atoms with Gasteiger partial charge in [-0.15, -0.1) is 0 Å². The quantitative estimate of drug-likeness (QED) is 0.806. The van der Waals surface area contributed by atoms with Gasteiger partial charge < -0.3 is 9.64 Å². The van der Waals surface area contributed by atoms with Crippen molar-refractivity contribution >= 4 is 21.6 Å². The van der Waals surface area contributed by atoms with Gasteiger partial charge in [-0.05, 0) is 48.7 Å². The molecule has 1 amide bonds. The molecule has 0 atom stereocenters. The Bertz CT molecular complexity index is 892. The number of hydrogen-bond acceptors (Lipinski definition) is 4. The van der Waals surface area contributed by atoms with Gasteiger partial charge in [-0.1, -0.05) is 25.1 Å². The van der Waals surface area contributed by atoms with E-state index >= 15 is 0 Å². The van der Waals surface area contributed by atoms with E-state index in [4.69, 9.17) is 4.74 Å². The summed E-state index contributed by atoms with van der Waals surface area (Å²) < 4.78 is 33.5. The van der Waals surface area contributed by atoms with Gasteiger partial charge in [-0.25, -0.2) is 8.42 Å². The van der Waals surface area contributed by atoms with Gasteiger partial charge in [0.1, 0.15) is 5.75 Å². The Morgan fingerprint density at radius 2 is 1.85 bits per heavy atom. The molecule has 0 heterocycles. The molecule has 1 N–H and O–H groups in total. The van der Waals surface area contributed by atoms with Crippen LogP contribution in [0.4, 0.5) is 5.69 Å². The number of aryl methyl sites for hydroxylation is 2. The highest BCUT2D eigenvalue weighted by atomic mass is 32.2. The largest absolute Gasteiger partial charge is 0.483 e. The third kappa shape index (κ3) is 4.76. The Morgan fingerprint density at radius 3 is 2.46 bits per heavy atom. The zero-order valence-electron chi connectivity index (χ0n) is 15.4. The van der Waals surface area contributed by atoms with E-state index in [0.717, 1.165) is 12.0 Å². The molecule has 0 aliphatic heterocycles. The number of para-hydroxylation sites is 1. The standard InChI is InChI=1S/C19H24N2O4S/c1-5-15-8-6-7-9-17(15)20-26(23,24)16-10-11-18(14(2)12-16)25-13-19(22)21(3)4/h6-12,20H,5,13H2,1-4H3. The third-order valence-electron chi connectivity index (χ3n) is 3.95. The molecule has 2 aromatic rings. The van der Waals surface area contributed by atoms with Gasteiger partial charge in [-0.3, -0.25) is 9.52 Å². The number of nitrogens with zero attached hydrogens (tertiary/aromatic N) is 1. The van der Waals surface area contributed by atoms with Crippen molar-refractivity contribution in [2.75, 3.05) is 25.4 Å². The summed E-state index contributed by atoms with van der Waals surface area (Å²) in [7, 11) is -0.417. The summed E-state index contributed by atoms with van der Waals surface area (Å²) in [4.78, 5) is 13.2. The zero-order chi connectivity index (χ0) is 19.3. The molecule has 6 nitrogen and oxygen atoms in total. The van der Waals surface area contributed by atoms with Crippen LogP contribution >= 0.6 is 0 Å². The topological polar surface area (TPSA) is 75.7 Å². The van der Waals surface area contributed by atoms with Crippen LogP contribution in [0, 0.1) is 6.92 Å². The number of hydrogen-bond donors (Lipinski definition) is 1. The first-order valence-corrected chi connectivity index (χ1v) is 9.77. The van der Waals surface area contributed by atoms with Crippen molar-refractivity contribution in [3.05, 3.63) is 53.6 Å². The number of carbonyl (C=O) groups excluding carboxylic acids is 1. The number of sulfonamides is 1. The van der Waals surface area contributed by atoms with Gasteiger partial charge in [0.05, 0.1) is 10.6 Å². The average molecular weight is 376 g/mol. The summed E-state index contributed by atoms with van der Waals surface area (Å²) in [5, 5.41) is 0. The second-order valence-corrected chi connectivity index (χ2v) is 7.80. The Balaban J connectivity index is 2.20. The Labute approximate surface area is 154 Å². The molecule has 2 aromatic carbocycles. The average Bonchev–Trinajstić information content (AvgIpc) is 2.60. The highest BCUT2D eigenvalue weighted by Gasteiger charge is 2.17. The van der Waals surface area contributed by atoms with Gasteiger partial charge in [0.2, 0.25) is 0 Å². The SMILES string of the molecule is CCc1ccccc1NS(=O)(=O)c1ccc(OCC(=O)N(C)C)c(C)c1.